The first-order chi connectivity index (χ1) is 9.74. The van der Waals surface area contributed by atoms with Gasteiger partial charge in [0.1, 0.15) is 0 Å². The van der Waals surface area contributed by atoms with E-state index in [1.165, 1.54) is 14.1 Å². The summed E-state index contributed by atoms with van der Waals surface area (Å²) in [6.45, 7) is 2.74. The number of sulfonamides is 1. The zero-order chi connectivity index (χ0) is 15.8. The fourth-order valence-electron chi connectivity index (χ4n) is 2.43. The lowest BCUT2D eigenvalue weighted by molar-refractivity contribution is 0.348. The van der Waals surface area contributed by atoms with E-state index in [1.54, 1.807) is 0 Å². The third-order valence-electron chi connectivity index (χ3n) is 3.77. The van der Waals surface area contributed by atoms with Crippen LogP contribution in [0.5, 0.6) is 0 Å². The SMILES string of the molecule is CC1NCCCC1NS(=O)(=O)c1cn(C)c(=O)n(C)c1=O.Cl. The Labute approximate surface area is 135 Å². The summed E-state index contributed by atoms with van der Waals surface area (Å²) >= 11 is 0. The predicted octanol–water partition coefficient (Wildman–Crippen LogP) is -1.08. The van der Waals surface area contributed by atoms with Gasteiger partial charge in [0.25, 0.3) is 5.56 Å². The van der Waals surface area contributed by atoms with Gasteiger partial charge in [0.2, 0.25) is 10.0 Å². The van der Waals surface area contributed by atoms with Crippen molar-refractivity contribution >= 4 is 22.4 Å². The molecule has 2 heterocycles. The molecule has 1 aromatic rings. The first-order valence-electron chi connectivity index (χ1n) is 6.76. The van der Waals surface area contributed by atoms with Gasteiger partial charge in [0.15, 0.2) is 4.90 Å². The van der Waals surface area contributed by atoms with E-state index in [9.17, 15) is 18.0 Å². The number of nitrogens with one attached hydrogen (secondary N) is 2. The van der Waals surface area contributed by atoms with Gasteiger partial charge in [-0.25, -0.2) is 17.9 Å². The summed E-state index contributed by atoms with van der Waals surface area (Å²) < 4.78 is 29.3. The molecule has 10 heteroatoms. The fraction of sp³-hybridized carbons (Fsp3) is 0.667. The molecular formula is C12H21ClN4O4S. The van der Waals surface area contributed by atoms with Gasteiger partial charge in [0.05, 0.1) is 0 Å². The maximum Gasteiger partial charge on any atom is 0.330 e. The summed E-state index contributed by atoms with van der Waals surface area (Å²) in [6, 6.07) is -0.282. The maximum absolute atomic E-state index is 12.4. The summed E-state index contributed by atoms with van der Waals surface area (Å²) in [6.07, 6.45) is 2.64. The van der Waals surface area contributed by atoms with Crippen LogP contribution in [0.15, 0.2) is 20.7 Å². The largest absolute Gasteiger partial charge is 0.330 e. The molecule has 1 fully saturated rings. The van der Waals surface area contributed by atoms with Crippen molar-refractivity contribution < 1.29 is 8.42 Å². The van der Waals surface area contributed by atoms with E-state index in [1.807, 2.05) is 6.92 Å². The highest BCUT2D eigenvalue weighted by molar-refractivity contribution is 7.89. The Morgan fingerprint density at radius 3 is 2.55 bits per heavy atom. The quantitative estimate of drug-likeness (QED) is 0.720. The average molecular weight is 353 g/mol. The molecule has 1 aliphatic rings. The third kappa shape index (κ3) is 3.60. The van der Waals surface area contributed by atoms with Crippen LogP contribution in [0.3, 0.4) is 0 Å². The number of nitrogens with zero attached hydrogens (tertiary/aromatic N) is 2. The van der Waals surface area contributed by atoms with Crippen LogP contribution in [0, 0.1) is 0 Å². The monoisotopic (exact) mass is 352 g/mol. The Morgan fingerprint density at radius 2 is 1.95 bits per heavy atom. The van der Waals surface area contributed by atoms with Crippen LogP contribution in [-0.4, -0.2) is 36.2 Å². The van der Waals surface area contributed by atoms with E-state index in [0.29, 0.717) is 6.42 Å². The van der Waals surface area contributed by atoms with E-state index in [4.69, 9.17) is 0 Å². The minimum absolute atomic E-state index is 0. The van der Waals surface area contributed by atoms with Crippen LogP contribution < -0.4 is 21.3 Å². The van der Waals surface area contributed by atoms with E-state index >= 15 is 0 Å². The Hall–Kier alpha value is -1.16. The van der Waals surface area contributed by atoms with Crippen molar-refractivity contribution in [1.82, 2.24) is 19.2 Å². The van der Waals surface area contributed by atoms with Gasteiger partial charge in [-0.3, -0.25) is 9.36 Å². The molecule has 2 rings (SSSR count). The second-order valence-corrected chi connectivity index (χ2v) is 7.05. The normalized spacial score (nSPS) is 22.1. The molecule has 0 spiro atoms. The number of aryl methyl sites for hydroxylation is 1. The average Bonchev–Trinajstić information content (AvgIpc) is 2.42. The fourth-order valence-corrected chi connectivity index (χ4v) is 3.94. The number of hydrogen-bond donors (Lipinski definition) is 2. The second-order valence-electron chi connectivity index (χ2n) is 5.36. The molecule has 1 aromatic heterocycles. The molecule has 0 saturated carbocycles. The van der Waals surface area contributed by atoms with Gasteiger partial charge >= 0.3 is 5.69 Å². The highest BCUT2D eigenvalue weighted by Crippen LogP contribution is 2.11. The molecule has 1 aliphatic heterocycles. The zero-order valence-electron chi connectivity index (χ0n) is 12.7. The molecule has 8 nitrogen and oxygen atoms in total. The van der Waals surface area contributed by atoms with Crippen LogP contribution in [0.4, 0.5) is 0 Å². The van der Waals surface area contributed by atoms with Crippen LogP contribution in [0.25, 0.3) is 0 Å². The van der Waals surface area contributed by atoms with Crippen LogP contribution in [0.2, 0.25) is 0 Å². The van der Waals surface area contributed by atoms with E-state index < -0.39 is 26.2 Å². The van der Waals surface area contributed by atoms with Crippen molar-refractivity contribution in [3.8, 4) is 0 Å². The number of piperidine rings is 1. The molecule has 0 bridgehead atoms. The lowest BCUT2D eigenvalue weighted by Gasteiger charge is -2.30. The number of halogens is 1. The van der Waals surface area contributed by atoms with Crippen molar-refractivity contribution in [3.63, 3.8) is 0 Å². The third-order valence-corrected chi connectivity index (χ3v) is 5.24. The van der Waals surface area contributed by atoms with Crippen LogP contribution in [-0.2, 0) is 24.1 Å². The van der Waals surface area contributed by atoms with E-state index in [0.717, 1.165) is 28.3 Å². The standard InChI is InChI=1S/C12H20N4O4S.ClH/c1-8-9(5-4-6-13-8)14-21(19,20)10-7-15(2)12(18)16(3)11(10)17;/h7-9,13-14H,4-6H2,1-3H3;1H. The smallest absolute Gasteiger partial charge is 0.313 e. The molecule has 2 unspecified atom stereocenters. The number of hydrogen-bond acceptors (Lipinski definition) is 5. The summed E-state index contributed by atoms with van der Waals surface area (Å²) in [7, 11) is -1.30. The highest BCUT2D eigenvalue weighted by Gasteiger charge is 2.29. The molecule has 0 aromatic carbocycles. The van der Waals surface area contributed by atoms with Crippen molar-refractivity contribution in [2.75, 3.05) is 6.54 Å². The first kappa shape index (κ1) is 18.9. The summed E-state index contributed by atoms with van der Waals surface area (Å²) in [5.74, 6) is 0. The molecule has 2 N–H and O–H groups in total. The predicted molar refractivity (Wildman–Crippen MR) is 85.0 cm³/mol. The van der Waals surface area contributed by atoms with Gasteiger partial charge in [0, 0.05) is 32.4 Å². The van der Waals surface area contributed by atoms with Gasteiger partial charge in [-0.2, -0.15) is 0 Å². The molecular weight excluding hydrogens is 332 g/mol. The lowest BCUT2D eigenvalue weighted by atomic mass is 10.0. The maximum atomic E-state index is 12.4. The minimum atomic E-state index is -3.97. The molecule has 0 amide bonds. The van der Waals surface area contributed by atoms with Gasteiger partial charge in [-0.1, -0.05) is 0 Å². The minimum Gasteiger partial charge on any atom is -0.313 e. The summed E-state index contributed by atoms with van der Waals surface area (Å²) in [5.41, 5.74) is -1.38. The lowest BCUT2D eigenvalue weighted by Crippen LogP contribution is -2.53. The molecule has 126 valence electrons. The molecule has 1 saturated heterocycles. The van der Waals surface area contributed by atoms with E-state index in [2.05, 4.69) is 10.0 Å². The molecule has 22 heavy (non-hydrogen) atoms. The second kappa shape index (κ2) is 6.95. The number of aromatic nitrogens is 2. The van der Waals surface area contributed by atoms with E-state index in [-0.39, 0.29) is 24.5 Å². The topological polar surface area (TPSA) is 102 Å². The summed E-state index contributed by atoms with van der Waals surface area (Å²) in [5, 5.41) is 3.19. The Kier molecular flexibility index (Phi) is 5.96. The van der Waals surface area contributed by atoms with Crippen molar-refractivity contribution in [1.29, 1.82) is 0 Å². The molecule has 2 atom stereocenters. The Morgan fingerprint density at radius 1 is 1.32 bits per heavy atom. The van der Waals surface area contributed by atoms with Gasteiger partial charge in [-0.15, -0.1) is 12.4 Å². The highest BCUT2D eigenvalue weighted by atomic mass is 35.5. The van der Waals surface area contributed by atoms with Crippen molar-refractivity contribution in [2.45, 2.75) is 36.7 Å². The Balaban J connectivity index is 0.00000242. The van der Waals surface area contributed by atoms with Gasteiger partial charge in [-0.05, 0) is 26.3 Å². The first-order valence-corrected chi connectivity index (χ1v) is 8.24. The summed E-state index contributed by atoms with van der Waals surface area (Å²) in [4.78, 5) is 23.2. The van der Waals surface area contributed by atoms with Gasteiger partial charge < -0.3 is 9.88 Å². The van der Waals surface area contributed by atoms with Crippen molar-refractivity contribution in [2.24, 2.45) is 14.1 Å². The molecule has 0 radical (unpaired) electrons. The van der Waals surface area contributed by atoms with Crippen LogP contribution >= 0.6 is 12.4 Å². The van der Waals surface area contributed by atoms with Crippen molar-refractivity contribution in [3.05, 3.63) is 27.0 Å². The number of rotatable bonds is 3. The zero-order valence-corrected chi connectivity index (χ0v) is 14.3. The Bertz CT molecular complexity index is 755. The van der Waals surface area contributed by atoms with Crippen LogP contribution in [0.1, 0.15) is 19.8 Å². The molecule has 0 aliphatic carbocycles.